The number of H-pyrrole nitrogens is 2. The first-order valence-electron chi connectivity index (χ1n) is 10.2. The molecule has 3 heterocycles. The molecule has 0 amide bonds. The average Bonchev–Trinajstić information content (AvgIpc) is 3.47. The van der Waals surface area contributed by atoms with Crippen LogP contribution in [0.4, 0.5) is 5.82 Å². The van der Waals surface area contributed by atoms with E-state index < -0.39 is 5.92 Å². The summed E-state index contributed by atoms with van der Waals surface area (Å²) in [6.07, 6.45) is 1.07. The zero-order valence-electron chi connectivity index (χ0n) is 17.9. The largest absolute Gasteiger partial charge is 0.493 e. The summed E-state index contributed by atoms with van der Waals surface area (Å²) in [4.78, 5) is 27.5. The molecule has 0 radical (unpaired) electrons. The summed E-state index contributed by atoms with van der Waals surface area (Å²) in [5, 5.41) is 10.9. The normalized spacial score (nSPS) is 19.8. The van der Waals surface area contributed by atoms with Gasteiger partial charge in [-0.2, -0.15) is 0 Å². The monoisotopic (exact) mass is 453 g/mol. The lowest BCUT2D eigenvalue weighted by Gasteiger charge is -2.34. The number of fused-ring (bicyclic) bond motifs is 1. The molecule has 8 nitrogen and oxygen atoms in total. The lowest BCUT2D eigenvalue weighted by Crippen LogP contribution is -2.31. The molecule has 1 aromatic carbocycles. The number of aromatic amines is 2. The fourth-order valence-corrected chi connectivity index (χ4v) is 5.64. The van der Waals surface area contributed by atoms with Crippen molar-refractivity contribution in [3.05, 3.63) is 67.3 Å². The van der Waals surface area contributed by atoms with Crippen molar-refractivity contribution < 1.29 is 19.0 Å². The second kappa shape index (κ2) is 7.90. The summed E-state index contributed by atoms with van der Waals surface area (Å²) in [6.45, 7) is 0. The van der Waals surface area contributed by atoms with E-state index in [1.165, 1.54) is 19.1 Å². The van der Waals surface area contributed by atoms with E-state index in [1.54, 1.807) is 24.5 Å². The molecular formula is C23H23N3O5S. The zero-order chi connectivity index (χ0) is 22.4. The number of hydrogen-bond donors (Lipinski definition) is 3. The highest BCUT2D eigenvalue weighted by Crippen LogP contribution is 2.51. The molecule has 5 rings (SSSR count). The smallest absolute Gasteiger partial charge is 0.270 e. The van der Waals surface area contributed by atoms with E-state index in [9.17, 15) is 9.59 Å². The number of rotatable bonds is 5. The van der Waals surface area contributed by atoms with Crippen LogP contribution in [0.1, 0.15) is 40.7 Å². The van der Waals surface area contributed by atoms with Crippen LogP contribution in [0.25, 0.3) is 0 Å². The van der Waals surface area contributed by atoms with Crippen LogP contribution in [0.5, 0.6) is 17.2 Å². The molecule has 2 atom stereocenters. The van der Waals surface area contributed by atoms with Crippen molar-refractivity contribution in [1.29, 1.82) is 0 Å². The van der Waals surface area contributed by atoms with Crippen LogP contribution in [0.2, 0.25) is 0 Å². The number of ether oxygens (including phenoxy) is 3. The molecular weight excluding hydrogens is 430 g/mol. The van der Waals surface area contributed by atoms with Crippen molar-refractivity contribution in [2.45, 2.75) is 24.7 Å². The Bertz CT molecular complexity index is 1270. The third-order valence-electron chi connectivity index (χ3n) is 6.17. The molecule has 2 aromatic heterocycles. The Balaban J connectivity index is 1.71. The molecule has 1 aliphatic heterocycles. The van der Waals surface area contributed by atoms with E-state index in [-0.39, 0.29) is 17.3 Å². The average molecular weight is 454 g/mol. The van der Waals surface area contributed by atoms with Gasteiger partial charge in [0.1, 0.15) is 5.82 Å². The third kappa shape index (κ3) is 3.03. The molecule has 0 saturated heterocycles. The molecule has 0 spiro atoms. The van der Waals surface area contributed by atoms with Crippen LogP contribution >= 0.6 is 11.3 Å². The SMILES string of the molecule is COc1ccc(C2C3=C(CC(c4cccs4)CC3=O)Nc3[nH][nH]c(=O)c32)c(OC)c1OC. The number of Topliss-reactive ketones (excluding diaryl/α,β-unsaturated/α-hetero) is 1. The van der Waals surface area contributed by atoms with Gasteiger partial charge in [-0.1, -0.05) is 12.1 Å². The number of ketones is 1. The first-order valence-corrected chi connectivity index (χ1v) is 11.1. The molecule has 3 N–H and O–H groups in total. The topological polar surface area (TPSA) is 105 Å². The van der Waals surface area contributed by atoms with E-state index >= 15 is 0 Å². The number of methoxy groups -OCH3 is 3. The van der Waals surface area contributed by atoms with Gasteiger partial charge in [0.25, 0.3) is 5.56 Å². The first-order chi connectivity index (χ1) is 15.6. The second-order valence-electron chi connectivity index (χ2n) is 7.79. The minimum atomic E-state index is -0.595. The maximum atomic E-state index is 13.5. The van der Waals surface area contributed by atoms with E-state index in [0.29, 0.717) is 52.6 Å². The lowest BCUT2D eigenvalue weighted by atomic mass is 9.73. The number of benzene rings is 1. The van der Waals surface area contributed by atoms with Crippen LogP contribution in [-0.2, 0) is 4.79 Å². The van der Waals surface area contributed by atoms with Crippen molar-refractivity contribution in [1.82, 2.24) is 10.2 Å². The summed E-state index contributed by atoms with van der Waals surface area (Å²) in [7, 11) is 4.62. The van der Waals surface area contributed by atoms with Gasteiger partial charge < -0.3 is 19.5 Å². The van der Waals surface area contributed by atoms with Crippen molar-refractivity contribution in [2.24, 2.45) is 0 Å². The zero-order valence-corrected chi connectivity index (χ0v) is 18.7. The number of anilines is 1. The number of hydrogen-bond acceptors (Lipinski definition) is 7. The Morgan fingerprint density at radius 3 is 2.47 bits per heavy atom. The van der Waals surface area contributed by atoms with Crippen LogP contribution < -0.4 is 25.1 Å². The number of aromatic nitrogens is 2. The van der Waals surface area contributed by atoms with Crippen LogP contribution in [0, 0.1) is 0 Å². The van der Waals surface area contributed by atoms with Gasteiger partial charge in [0.15, 0.2) is 17.3 Å². The molecule has 9 heteroatoms. The Labute approximate surface area is 188 Å². The maximum Gasteiger partial charge on any atom is 0.270 e. The highest BCUT2D eigenvalue weighted by Gasteiger charge is 2.42. The van der Waals surface area contributed by atoms with Crippen LogP contribution in [-0.4, -0.2) is 37.3 Å². The van der Waals surface area contributed by atoms with Gasteiger partial charge >= 0.3 is 0 Å². The Kier molecular flexibility index (Phi) is 5.05. The maximum absolute atomic E-state index is 13.5. The minimum absolute atomic E-state index is 0.0187. The number of carbonyl (C=O) groups excluding carboxylic acids is 1. The molecule has 2 aliphatic rings. The van der Waals surface area contributed by atoms with E-state index in [4.69, 9.17) is 14.2 Å². The highest BCUT2D eigenvalue weighted by atomic mass is 32.1. The number of carbonyl (C=O) groups is 1. The highest BCUT2D eigenvalue weighted by molar-refractivity contribution is 7.10. The Morgan fingerprint density at radius 2 is 1.78 bits per heavy atom. The van der Waals surface area contributed by atoms with Gasteiger partial charge in [0, 0.05) is 34.0 Å². The summed E-state index contributed by atoms with van der Waals surface area (Å²) >= 11 is 1.66. The molecule has 0 bridgehead atoms. The van der Waals surface area contributed by atoms with Gasteiger partial charge in [-0.3, -0.25) is 19.8 Å². The van der Waals surface area contributed by atoms with Gasteiger partial charge in [-0.15, -0.1) is 11.3 Å². The fourth-order valence-electron chi connectivity index (χ4n) is 4.81. The molecule has 1 aliphatic carbocycles. The second-order valence-corrected chi connectivity index (χ2v) is 8.76. The summed E-state index contributed by atoms with van der Waals surface area (Å²) in [6, 6.07) is 7.66. The molecule has 0 fully saturated rings. The van der Waals surface area contributed by atoms with Crippen molar-refractivity contribution in [3.8, 4) is 17.2 Å². The van der Waals surface area contributed by atoms with Crippen molar-refractivity contribution in [3.63, 3.8) is 0 Å². The van der Waals surface area contributed by atoms with E-state index in [2.05, 4.69) is 21.6 Å². The van der Waals surface area contributed by atoms with Crippen molar-refractivity contribution in [2.75, 3.05) is 26.6 Å². The molecule has 166 valence electrons. The first kappa shape index (κ1) is 20.4. The molecule has 2 unspecified atom stereocenters. The number of nitrogens with one attached hydrogen (secondary N) is 3. The fraction of sp³-hybridized carbons (Fsp3) is 0.304. The van der Waals surface area contributed by atoms with E-state index in [0.717, 1.165) is 5.70 Å². The number of thiophene rings is 1. The van der Waals surface area contributed by atoms with Crippen molar-refractivity contribution >= 4 is 22.9 Å². The number of allylic oxidation sites excluding steroid dienone is 2. The molecule has 32 heavy (non-hydrogen) atoms. The van der Waals surface area contributed by atoms with Crippen LogP contribution in [0.15, 0.2) is 45.7 Å². The lowest BCUT2D eigenvalue weighted by molar-refractivity contribution is -0.116. The van der Waals surface area contributed by atoms with Gasteiger partial charge in [0.2, 0.25) is 5.75 Å². The predicted molar refractivity (Wildman–Crippen MR) is 121 cm³/mol. The quantitative estimate of drug-likeness (QED) is 0.543. The minimum Gasteiger partial charge on any atom is -0.493 e. The molecule has 3 aromatic rings. The Hall–Kier alpha value is -3.46. The van der Waals surface area contributed by atoms with E-state index in [1.807, 2.05) is 17.5 Å². The standard InChI is InChI=1S/C23H23N3O5S/c1-29-15-7-6-12(20(30-2)21(15)31-3)17-18-13(24-22-19(17)23(28)26-25-22)9-11(10-14(18)27)16-5-4-8-32-16/h4-8,11,17H,9-10H2,1-3H3,(H3,24,25,26,28). The summed E-state index contributed by atoms with van der Waals surface area (Å²) in [5.41, 5.74) is 2.27. The molecule has 0 saturated carbocycles. The van der Waals surface area contributed by atoms with Gasteiger partial charge in [-0.25, -0.2) is 0 Å². The van der Waals surface area contributed by atoms with Crippen LogP contribution in [0.3, 0.4) is 0 Å². The van der Waals surface area contributed by atoms with Gasteiger partial charge in [-0.05, 0) is 23.9 Å². The predicted octanol–water partition coefficient (Wildman–Crippen LogP) is 3.75. The van der Waals surface area contributed by atoms with Gasteiger partial charge in [0.05, 0.1) is 32.8 Å². The Morgan fingerprint density at radius 1 is 0.969 bits per heavy atom. The summed E-state index contributed by atoms with van der Waals surface area (Å²) in [5.74, 6) is 1.45. The summed E-state index contributed by atoms with van der Waals surface area (Å²) < 4.78 is 16.7. The third-order valence-corrected chi connectivity index (χ3v) is 7.20.